The maximum atomic E-state index is 6.16. The summed E-state index contributed by atoms with van der Waals surface area (Å²) in [5.74, 6) is 6.52. The topological polar surface area (TPSA) is 38.0 Å². The molecule has 0 bridgehead atoms. The van der Waals surface area contributed by atoms with E-state index in [0.717, 1.165) is 24.2 Å². The average molecular weight is 306 g/mol. The number of anilines is 1. The Morgan fingerprint density at radius 2 is 1.57 bits per heavy atom. The van der Waals surface area contributed by atoms with E-state index in [-0.39, 0.29) is 6.04 Å². The number of nitrogens with one attached hydrogen (secondary N) is 1. The first-order valence-corrected chi connectivity index (χ1v) is 8.26. The van der Waals surface area contributed by atoms with E-state index in [2.05, 4.69) is 79.5 Å². The molecule has 0 unspecified atom stereocenters. The molecule has 2 rings (SSSR count). The van der Waals surface area contributed by atoms with Gasteiger partial charge in [-0.2, -0.15) is 0 Å². The minimum Gasteiger partial charge on any atom is -0.383 e. The zero-order valence-corrected chi connectivity index (χ0v) is 14.3. The quantitative estimate of drug-likeness (QED) is 0.771. The molecule has 0 aliphatic carbocycles. The largest absolute Gasteiger partial charge is 0.383 e. The highest BCUT2D eigenvalue weighted by atomic mass is 14.9. The summed E-state index contributed by atoms with van der Waals surface area (Å²) in [5.41, 5.74) is 10.7. The van der Waals surface area contributed by atoms with Gasteiger partial charge in [-0.05, 0) is 48.2 Å². The highest BCUT2D eigenvalue weighted by Crippen LogP contribution is 2.22. The van der Waals surface area contributed by atoms with E-state index in [4.69, 9.17) is 5.73 Å². The van der Waals surface area contributed by atoms with Gasteiger partial charge in [-0.25, -0.2) is 0 Å². The third kappa shape index (κ3) is 4.87. The Morgan fingerprint density at radius 1 is 1.00 bits per heavy atom. The van der Waals surface area contributed by atoms with Crippen LogP contribution in [0.1, 0.15) is 32.8 Å². The van der Waals surface area contributed by atoms with E-state index in [0.29, 0.717) is 5.92 Å². The zero-order chi connectivity index (χ0) is 16.7. The molecule has 0 saturated carbocycles. The van der Waals surface area contributed by atoms with Gasteiger partial charge in [0.15, 0.2) is 0 Å². The van der Waals surface area contributed by atoms with E-state index in [1.165, 1.54) is 11.1 Å². The fourth-order valence-electron chi connectivity index (χ4n) is 2.41. The van der Waals surface area contributed by atoms with Crippen molar-refractivity contribution >= 4 is 5.69 Å². The van der Waals surface area contributed by atoms with Gasteiger partial charge in [0.2, 0.25) is 0 Å². The number of hydrogen-bond acceptors (Lipinski definition) is 2. The SMILES string of the molecule is CC#Cc1ccc(-c2ccc(NC[C@@H](N)[C@@H](C)CC)cc2)cc1. The number of rotatable bonds is 6. The van der Waals surface area contributed by atoms with Crippen LogP contribution in [0.3, 0.4) is 0 Å². The van der Waals surface area contributed by atoms with Gasteiger partial charge in [0.25, 0.3) is 0 Å². The van der Waals surface area contributed by atoms with E-state index in [9.17, 15) is 0 Å². The lowest BCUT2D eigenvalue weighted by Gasteiger charge is -2.19. The van der Waals surface area contributed by atoms with Crippen molar-refractivity contribution < 1.29 is 0 Å². The normalized spacial score (nSPS) is 12.9. The number of hydrogen-bond donors (Lipinski definition) is 2. The Bertz CT molecular complexity index is 660. The predicted molar refractivity (Wildman–Crippen MR) is 100 cm³/mol. The Hall–Kier alpha value is -2.24. The van der Waals surface area contributed by atoms with Crippen molar-refractivity contribution in [3.63, 3.8) is 0 Å². The first kappa shape index (κ1) is 17.1. The van der Waals surface area contributed by atoms with Crippen molar-refractivity contribution in [2.75, 3.05) is 11.9 Å². The lowest BCUT2D eigenvalue weighted by molar-refractivity contribution is 0.457. The highest BCUT2D eigenvalue weighted by molar-refractivity contribution is 5.66. The molecule has 120 valence electrons. The molecule has 0 aromatic heterocycles. The van der Waals surface area contributed by atoms with Gasteiger partial charge in [0, 0.05) is 23.8 Å². The summed E-state index contributed by atoms with van der Waals surface area (Å²) in [4.78, 5) is 0. The second-order valence-corrected chi connectivity index (χ2v) is 5.96. The lowest BCUT2D eigenvalue weighted by Crippen LogP contribution is -2.35. The molecule has 2 aromatic carbocycles. The second kappa shape index (κ2) is 8.41. The molecular weight excluding hydrogens is 280 g/mol. The van der Waals surface area contributed by atoms with Gasteiger partial charge in [0.1, 0.15) is 0 Å². The molecule has 3 N–H and O–H groups in total. The molecule has 0 saturated heterocycles. The third-order valence-electron chi connectivity index (χ3n) is 4.29. The van der Waals surface area contributed by atoms with Gasteiger partial charge >= 0.3 is 0 Å². The number of nitrogens with two attached hydrogens (primary N) is 1. The molecule has 2 atom stereocenters. The van der Waals surface area contributed by atoms with Gasteiger partial charge in [-0.15, -0.1) is 5.92 Å². The molecule has 0 spiro atoms. The van der Waals surface area contributed by atoms with Crippen LogP contribution in [0.5, 0.6) is 0 Å². The molecule has 23 heavy (non-hydrogen) atoms. The van der Waals surface area contributed by atoms with Gasteiger partial charge in [-0.3, -0.25) is 0 Å². The smallest absolute Gasteiger partial charge is 0.0341 e. The highest BCUT2D eigenvalue weighted by Gasteiger charge is 2.09. The van der Waals surface area contributed by atoms with Crippen LogP contribution in [-0.2, 0) is 0 Å². The van der Waals surface area contributed by atoms with Crippen molar-refractivity contribution in [2.45, 2.75) is 33.2 Å². The predicted octanol–water partition coefficient (Wildman–Crippen LogP) is 4.51. The van der Waals surface area contributed by atoms with Crippen LogP contribution in [0, 0.1) is 17.8 Å². The van der Waals surface area contributed by atoms with E-state index in [1.807, 2.05) is 6.92 Å². The van der Waals surface area contributed by atoms with E-state index < -0.39 is 0 Å². The molecule has 0 aliphatic rings. The van der Waals surface area contributed by atoms with Crippen molar-refractivity contribution in [1.29, 1.82) is 0 Å². The van der Waals surface area contributed by atoms with Crippen LogP contribution >= 0.6 is 0 Å². The molecular formula is C21H26N2. The fourth-order valence-corrected chi connectivity index (χ4v) is 2.41. The fraction of sp³-hybridized carbons (Fsp3) is 0.333. The van der Waals surface area contributed by atoms with E-state index in [1.54, 1.807) is 0 Å². The van der Waals surface area contributed by atoms with Crippen molar-refractivity contribution in [3.8, 4) is 23.0 Å². The summed E-state index contributed by atoms with van der Waals surface area (Å²) >= 11 is 0. The summed E-state index contributed by atoms with van der Waals surface area (Å²) in [6.45, 7) is 7.03. The first-order chi connectivity index (χ1) is 11.1. The molecule has 0 fully saturated rings. The zero-order valence-electron chi connectivity index (χ0n) is 14.3. The first-order valence-electron chi connectivity index (χ1n) is 8.26. The van der Waals surface area contributed by atoms with Gasteiger partial charge < -0.3 is 11.1 Å². The van der Waals surface area contributed by atoms with Crippen LogP contribution in [0.4, 0.5) is 5.69 Å². The molecule has 0 amide bonds. The summed E-state index contributed by atoms with van der Waals surface area (Å²) in [6, 6.07) is 17.0. The van der Waals surface area contributed by atoms with Crippen molar-refractivity contribution in [2.24, 2.45) is 11.7 Å². The second-order valence-electron chi connectivity index (χ2n) is 5.96. The monoisotopic (exact) mass is 306 g/mol. The molecule has 0 radical (unpaired) electrons. The van der Waals surface area contributed by atoms with Crippen LogP contribution < -0.4 is 11.1 Å². The van der Waals surface area contributed by atoms with E-state index >= 15 is 0 Å². The average Bonchev–Trinajstić information content (AvgIpc) is 2.60. The maximum absolute atomic E-state index is 6.16. The summed E-state index contributed by atoms with van der Waals surface area (Å²) in [6.07, 6.45) is 1.11. The Labute approximate surface area is 140 Å². The van der Waals surface area contributed by atoms with Crippen molar-refractivity contribution in [1.82, 2.24) is 0 Å². The molecule has 2 nitrogen and oxygen atoms in total. The van der Waals surface area contributed by atoms with Crippen LogP contribution in [0.15, 0.2) is 48.5 Å². The van der Waals surface area contributed by atoms with Crippen molar-refractivity contribution in [3.05, 3.63) is 54.1 Å². The van der Waals surface area contributed by atoms with Crippen LogP contribution in [0.25, 0.3) is 11.1 Å². The summed E-state index contributed by atoms with van der Waals surface area (Å²) in [5, 5.41) is 3.42. The molecule has 2 aromatic rings. The minimum atomic E-state index is 0.187. The Morgan fingerprint density at radius 3 is 2.09 bits per heavy atom. The number of benzene rings is 2. The van der Waals surface area contributed by atoms with Crippen LogP contribution in [-0.4, -0.2) is 12.6 Å². The summed E-state index contributed by atoms with van der Waals surface area (Å²) in [7, 11) is 0. The maximum Gasteiger partial charge on any atom is 0.0341 e. The van der Waals surface area contributed by atoms with Gasteiger partial charge in [-0.1, -0.05) is 50.5 Å². The van der Waals surface area contributed by atoms with Crippen LogP contribution in [0.2, 0.25) is 0 Å². The standard InChI is InChI=1S/C21H26N2/c1-4-6-17-7-9-18(10-8-17)19-11-13-20(14-12-19)23-15-21(22)16(3)5-2/h7-14,16,21,23H,5,15,22H2,1-3H3/t16-,21+/m0/s1. The Kier molecular flexibility index (Phi) is 6.26. The third-order valence-corrected chi connectivity index (χ3v) is 4.29. The molecule has 2 heteroatoms. The van der Waals surface area contributed by atoms with Gasteiger partial charge in [0.05, 0.1) is 0 Å². The summed E-state index contributed by atoms with van der Waals surface area (Å²) < 4.78 is 0. The molecule has 0 heterocycles. The lowest BCUT2D eigenvalue weighted by atomic mass is 10.00. The Balaban J connectivity index is 1.99. The minimum absolute atomic E-state index is 0.187. The molecule has 0 aliphatic heterocycles.